The van der Waals surface area contributed by atoms with Gasteiger partial charge < -0.3 is 45.3 Å². The molecule has 12 aliphatic carbocycles. The number of aliphatic hydroxyl groups excluding tert-OH is 1. The number of amides is 1. The summed E-state index contributed by atoms with van der Waals surface area (Å²) in [6, 6.07) is 0. The van der Waals surface area contributed by atoms with Gasteiger partial charge in [-0.1, -0.05) is 266 Å². The van der Waals surface area contributed by atoms with Gasteiger partial charge in [0, 0.05) is 63.7 Å². The molecule has 18 heteroatoms. The largest absolute Gasteiger partial charge is 0.481 e. The molecule has 0 spiro atoms. The Bertz CT molecular complexity index is 3760. The van der Waals surface area contributed by atoms with Crippen LogP contribution in [0.5, 0.6) is 0 Å². The first-order valence-corrected chi connectivity index (χ1v) is 57.9. The van der Waals surface area contributed by atoms with Crippen LogP contribution in [0, 0.1) is 104 Å². The lowest BCUT2D eigenvalue weighted by molar-refractivity contribution is -0.157. The topological polar surface area (TPSA) is 266 Å². The smallest absolute Gasteiger partial charge is 0.314 e. The van der Waals surface area contributed by atoms with Gasteiger partial charge >= 0.3 is 29.8 Å². The molecule has 1 amide bonds. The summed E-state index contributed by atoms with van der Waals surface area (Å²) in [5.41, 5.74) is 11.4. The summed E-state index contributed by atoms with van der Waals surface area (Å²) in [6.45, 7) is 38.1. The van der Waals surface area contributed by atoms with E-state index in [1.54, 1.807) is 0 Å². The molecule has 1 heterocycles. The number of carbonyl (C=O) groups excluding carboxylic acids is 8. The van der Waals surface area contributed by atoms with Gasteiger partial charge in [0.2, 0.25) is 5.91 Å². The number of nitrogens with zero attached hydrogens (tertiary/aromatic N) is 2. The molecule has 137 heavy (non-hydrogen) atoms. The van der Waals surface area contributed by atoms with E-state index in [2.05, 4.69) is 96.0 Å². The number of hydrogen-bond donors (Lipinski definition) is 4. The lowest BCUT2D eigenvalue weighted by Crippen LogP contribution is -2.51. The predicted octanol–water partition coefficient (Wildman–Crippen LogP) is 27.4. The number of carboxylic acid groups (broad SMARTS) is 1. The summed E-state index contributed by atoms with van der Waals surface area (Å²) in [7, 11) is 0. The first-order valence-electron chi connectivity index (χ1n) is 57.9. The van der Waals surface area contributed by atoms with E-state index in [4.69, 9.17) is 20.3 Å². The Hall–Kier alpha value is -4.91. The minimum Gasteiger partial charge on any atom is -0.481 e. The van der Waals surface area contributed by atoms with Crippen molar-refractivity contribution in [3.8, 4) is 0 Å². The van der Waals surface area contributed by atoms with Gasteiger partial charge in [-0.05, 0) is 317 Å². The second-order valence-corrected chi connectivity index (χ2v) is 47.7. The first kappa shape index (κ1) is 116. The monoisotopic (exact) mass is 1910 g/mol. The highest BCUT2D eigenvalue weighted by Gasteiger charge is 2.64. The summed E-state index contributed by atoms with van der Waals surface area (Å²) in [4.78, 5) is 110. The number of aliphatic hydroxyl groups is 1. The molecule has 5 N–H and O–H groups in total. The number of cyclic esters (lactones) is 2. The number of fused-ring (bicyclic) bond motifs is 15. The molecule has 0 aromatic rings. The summed E-state index contributed by atoms with van der Waals surface area (Å²) in [5.74, 6) is 6.19. The second-order valence-electron chi connectivity index (χ2n) is 47.7. The number of nitrogens with two attached hydrogens (primary N) is 1. The van der Waals surface area contributed by atoms with Crippen molar-refractivity contribution in [1.29, 1.82) is 0 Å². The van der Waals surface area contributed by atoms with Gasteiger partial charge in [0.05, 0.1) is 38.2 Å². The van der Waals surface area contributed by atoms with Crippen LogP contribution in [0.2, 0.25) is 0 Å². The van der Waals surface area contributed by atoms with E-state index in [9.17, 15) is 48.3 Å². The highest BCUT2D eigenvalue weighted by atomic mass is 16.6. The zero-order valence-corrected chi connectivity index (χ0v) is 89.7. The van der Waals surface area contributed by atoms with Gasteiger partial charge in [-0.2, -0.15) is 0 Å². The quantitative estimate of drug-likeness (QED) is 0.0191. The Labute approximate surface area is 833 Å². The molecule has 13 rings (SSSR count). The second kappa shape index (κ2) is 58.3. The molecular weight excluding hydrogens is 1710 g/mol. The number of rotatable bonds is 52. The lowest BCUT2D eigenvalue weighted by atomic mass is 9.46. The van der Waals surface area contributed by atoms with Crippen LogP contribution in [0.1, 0.15) is 488 Å². The van der Waals surface area contributed by atoms with E-state index in [0.29, 0.717) is 95.4 Å². The van der Waals surface area contributed by atoms with Crippen molar-refractivity contribution in [2.45, 2.75) is 506 Å². The zero-order chi connectivity index (χ0) is 99.2. The van der Waals surface area contributed by atoms with Crippen molar-refractivity contribution >= 4 is 53.1 Å². The molecule has 782 valence electrons. The molecule has 9 saturated carbocycles. The van der Waals surface area contributed by atoms with Crippen LogP contribution < -0.4 is 11.1 Å². The van der Waals surface area contributed by atoms with Crippen LogP contribution in [-0.2, 0) is 57.4 Å². The number of ether oxygens (including phenoxy) is 3. The number of esters is 4. The molecule has 1 saturated heterocycles. The number of aliphatic carboxylic acids is 1. The maximum absolute atomic E-state index is 13.1. The number of hydrogen-bond acceptors (Lipinski definition) is 16. The number of carbonyl (C=O) groups is 9. The maximum Gasteiger partial charge on any atom is 0.314 e. The average molecular weight is 1910 g/mol. The van der Waals surface area contributed by atoms with Crippen LogP contribution in [0.3, 0.4) is 0 Å². The summed E-state index contributed by atoms with van der Waals surface area (Å²) < 4.78 is 15.9. The molecule has 13 aliphatic rings. The molecule has 1 aliphatic heterocycles. The number of ketones is 3. The standard InChI is InChI=1S/C47H82N2O4.C25H36O5.C22H48N2.C21H32O2.C4H4O3/c1-6-8-10-12-14-16-18-20-33-49(34-21-19-17-15-13-11-9-7-2)35-32-48-44(51)26-27-45(52)53-37(3)41-24-25-42-40-23-22-38-36-39(50)28-30-46(38,4)43(40)29-31-47(41,42)5;1-15(30-23(29)9-8-22(27)28)19-6-7-20-18-5-4-16-14-17(26)10-12-24(16,2)21(18)11-13-25(19,20)3;1-3-5-7-9-11-13-15-17-20-24(22-19-23)21-18-16-14-12-10-8-6-4-2;1-13(22)17-6-7-18-16-5-4-14-12-15(23)8-10-20(14,2)19(16)9-11-21(17,18)3;5-3-1-2-4(6)7-3/h36-37,40-43H,6-35H2,1-5H3,(H,48,51);14-15,18-21H,4-13H2,1-3H3,(H,27,28);3-23H2,1-2H3;12-13,16-19,22H,4-11H2,1-3H3;1-2H2/t37-,40?,41+,42?,43?,46-,47+;15-,18?,19+,20?,21?,24-,25+;;13-,16?,17+,18?,19?,20-,21+;/m00.0./s1. The molecule has 0 aromatic heterocycles. The normalized spacial score (nSPS) is 31.6. The van der Waals surface area contributed by atoms with Crippen molar-refractivity contribution in [2.24, 2.45) is 109 Å². The Morgan fingerprint density at radius 2 is 0.672 bits per heavy atom. The average Bonchev–Trinajstić information content (AvgIpc) is 1.70. The molecule has 9 unspecified atom stereocenters. The summed E-state index contributed by atoms with van der Waals surface area (Å²) in [6.07, 6.45) is 76.7. The van der Waals surface area contributed by atoms with Gasteiger partial charge in [0.15, 0.2) is 17.3 Å². The van der Waals surface area contributed by atoms with Gasteiger partial charge in [-0.3, -0.25) is 43.2 Å². The minimum absolute atomic E-state index is 0.0384. The van der Waals surface area contributed by atoms with Crippen molar-refractivity contribution < 1.29 is 67.6 Å². The predicted molar refractivity (Wildman–Crippen MR) is 555 cm³/mol. The summed E-state index contributed by atoms with van der Waals surface area (Å²) >= 11 is 0. The fourth-order valence-electron chi connectivity index (χ4n) is 30.9. The minimum atomic E-state index is -0.963. The molecule has 10 fully saturated rings. The third-order valence-corrected chi connectivity index (χ3v) is 38.8. The Kier molecular flexibility index (Phi) is 49.2. The van der Waals surface area contributed by atoms with E-state index in [1.807, 2.05) is 32.1 Å². The third-order valence-electron chi connectivity index (χ3n) is 38.8. The van der Waals surface area contributed by atoms with Crippen LogP contribution in [0.4, 0.5) is 0 Å². The van der Waals surface area contributed by atoms with E-state index >= 15 is 0 Å². The van der Waals surface area contributed by atoms with Crippen LogP contribution in [-0.4, -0.2) is 144 Å². The molecular formula is C119H202N4O14. The number of nitrogens with one attached hydrogen (secondary N) is 1. The molecule has 18 nitrogen and oxygen atoms in total. The lowest BCUT2D eigenvalue weighted by Gasteiger charge is -2.58. The summed E-state index contributed by atoms with van der Waals surface area (Å²) in [5, 5.41) is 22.2. The van der Waals surface area contributed by atoms with E-state index < -0.39 is 23.9 Å². The number of allylic oxidation sites excluding steroid dienone is 3. The van der Waals surface area contributed by atoms with Gasteiger partial charge in [0.1, 0.15) is 12.2 Å². The Morgan fingerprint density at radius 1 is 0.372 bits per heavy atom. The van der Waals surface area contributed by atoms with Gasteiger partial charge in [-0.25, -0.2) is 0 Å². The van der Waals surface area contributed by atoms with E-state index in [-0.39, 0.29) is 95.8 Å². The first-order chi connectivity index (χ1) is 65.8. The SMILES string of the molecule is CCCCCCCCCCN(CCCCCCCCCC)CCNC(=O)CCC(=O)O[C@@H](C)[C@H]1CCC2C3CCC4=CC(=O)CC[C@]4(C)C3CC[C@@]21C.CCCCCCCCCCN(CCN)CCCCCCCCCC.C[C@H](O)[C@H]1CCC2C3CCC4=CC(=O)CC[C@]4(C)C3CC[C@@]21C.C[C@H](OC(=O)CCC(=O)O)[C@H]1CCC2C3CCC4=CC(=O)CC[C@]4(C)C3CC[C@@]21C.O=C1CCC(=O)O1. The van der Waals surface area contributed by atoms with Crippen molar-refractivity contribution in [1.82, 2.24) is 15.1 Å². The highest BCUT2D eigenvalue weighted by Crippen LogP contribution is 2.71. The van der Waals surface area contributed by atoms with Gasteiger partial charge in [-0.15, -0.1) is 0 Å². The van der Waals surface area contributed by atoms with Crippen LogP contribution in [0.25, 0.3) is 0 Å². The maximum atomic E-state index is 13.1. The van der Waals surface area contributed by atoms with Crippen molar-refractivity contribution in [3.05, 3.63) is 34.9 Å². The highest BCUT2D eigenvalue weighted by molar-refractivity contribution is 5.93. The molecule has 0 bridgehead atoms. The van der Waals surface area contributed by atoms with E-state index in [0.717, 1.165) is 115 Å². The number of carboxylic acids is 1. The Balaban J connectivity index is 0.000000212. The third kappa shape index (κ3) is 33.1. The fourth-order valence-corrected chi connectivity index (χ4v) is 30.9. The molecule has 21 atom stereocenters. The molecule has 0 radical (unpaired) electrons. The number of unbranched alkanes of at least 4 members (excludes halogenated alkanes) is 28. The van der Waals surface area contributed by atoms with Crippen LogP contribution >= 0.6 is 0 Å². The van der Waals surface area contributed by atoms with Gasteiger partial charge in [0.25, 0.3) is 0 Å². The molecule has 0 aromatic carbocycles. The van der Waals surface area contributed by atoms with Crippen molar-refractivity contribution in [2.75, 3.05) is 52.4 Å². The zero-order valence-electron chi connectivity index (χ0n) is 89.7. The Morgan fingerprint density at radius 3 is 0.971 bits per heavy atom. The van der Waals surface area contributed by atoms with Crippen LogP contribution in [0.15, 0.2) is 34.9 Å². The van der Waals surface area contributed by atoms with E-state index in [1.165, 1.54) is 312 Å². The fraction of sp³-hybridized carbons (Fsp3) is 0.874. The van der Waals surface area contributed by atoms with Crippen molar-refractivity contribution in [3.63, 3.8) is 0 Å².